The Kier molecular flexibility index (Phi) is 4.39. The third-order valence-electron chi connectivity index (χ3n) is 3.46. The average molecular weight is 265 g/mol. The van der Waals surface area contributed by atoms with Crippen LogP contribution in [0.5, 0.6) is 0 Å². The van der Waals surface area contributed by atoms with Crippen molar-refractivity contribution in [3.05, 3.63) is 65.7 Å². The van der Waals surface area contributed by atoms with Crippen LogP contribution in [-0.2, 0) is 0 Å². The molecule has 20 heavy (non-hydrogen) atoms. The van der Waals surface area contributed by atoms with Crippen LogP contribution in [0.15, 0.2) is 54.6 Å². The van der Waals surface area contributed by atoms with Crippen LogP contribution in [0.25, 0.3) is 0 Å². The maximum Gasteiger partial charge on any atom is 0.0991 e. The molecular formula is C17H19N3. The van der Waals surface area contributed by atoms with Crippen LogP contribution in [0.4, 0.5) is 5.69 Å². The molecule has 0 aliphatic heterocycles. The second-order valence-corrected chi connectivity index (χ2v) is 4.98. The summed E-state index contributed by atoms with van der Waals surface area (Å²) in [6, 6.07) is 20.0. The number of rotatable bonds is 4. The van der Waals surface area contributed by atoms with Crippen molar-refractivity contribution in [3.8, 4) is 6.07 Å². The summed E-state index contributed by atoms with van der Waals surface area (Å²) in [6.07, 6.45) is 0. The maximum atomic E-state index is 8.86. The summed E-state index contributed by atoms with van der Waals surface area (Å²) >= 11 is 0. The number of anilines is 1. The fourth-order valence-electron chi connectivity index (χ4n) is 2.46. The molecule has 0 saturated carbocycles. The van der Waals surface area contributed by atoms with Crippen LogP contribution >= 0.6 is 0 Å². The van der Waals surface area contributed by atoms with Crippen molar-refractivity contribution in [2.24, 2.45) is 5.73 Å². The van der Waals surface area contributed by atoms with E-state index < -0.39 is 0 Å². The first-order chi connectivity index (χ1) is 9.63. The first-order valence-electron chi connectivity index (χ1n) is 6.67. The third kappa shape index (κ3) is 2.98. The first kappa shape index (κ1) is 14.1. The molecule has 0 aliphatic carbocycles. The standard InChI is InChI=1S/C17H19N3/c1-13(19)17(15-6-4-3-5-7-15)20(2)16-10-8-14(12-18)9-11-16/h3-11,13,17H,19H2,1-2H3. The monoisotopic (exact) mass is 265 g/mol. The number of nitriles is 1. The molecule has 102 valence electrons. The molecule has 2 N–H and O–H groups in total. The Balaban J connectivity index is 2.32. The molecule has 2 aromatic rings. The fourth-order valence-corrected chi connectivity index (χ4v) is 2.46. The normalized spacial score (nSPS) is 13.3. The largest absolute Gasteiger partial charge is 0.366 e. The van der Waals surface area contributed by atoms with E-state index in [1.165, 1.54) is 5.56 Å². The number of nitrogens with zero attached hydrogens (tertiary/aromatic N) is 2. The Labute approximate surface area is 120 Å². The van der Waals surface area contributed by atoms with Crippen molar-refractivity contribution in [2.75, 3.05) is 11.9 Å². The lowest BCUT2D eigenvalue weighted by Crippen LogP contribution is -2.37. The van der Waals surface area contributed by atoms with Crippen LogP contribution in [0.3, 0.4) is 0 Å². The smallest absolute Gasteiger partial charge is 0.0991 e. The molecule has 0 saturated heterocycles. The molecule has 0 spiro atoms. The minimum atomic E-state index is -0.00181. The van der Waals surface area contributed by atoms with Crippen molar-refractivity contribution in [1.82, 2.24) is 0 Å². The Morgan fingerprint density at radius 1 is 1.05 bits per heavy atom. The summed E-state index contributed by atoms with van der Waals surface area (Å²) in [5, 5.41) is 8.86. The van der Waals surface area contributed by atoms with E-state index in [2.05, 4.69) is 23.1 Å². The summed E-state index contributed by atoms with van der Waals surface area (Å²) in [5.74, 6) is 0. The van der Waals surface area contributed by atoms with Gasteiger partial charge in [0.2, 0.25) is 0 Å². The molecule has 0 heterocycles. The molecule has 2 rings (SSSR count). The van der Waals surface area contributed by atoms with Gasteiger partial charge in [0, 0.05) is 18.8 Å². The van der Waals surface area contributed by atoms with Gasteiger partial charge >= 0.3 is 0 Å². The molecule has 0 fully saturated rings. The Bertz CT molecular complexity index is 582. The van der Waals surface area contributed by atoms with E-state index in [4.69, 9.17) is 11.0 Å². The lowest BCUT2D eigenvalue weighted by Gasteiger charge is -2.33. The Morgan fingerprint density at radius 3 is 2.15 bits per heavy atom. The van der Waals surface area contributed by atoms with Crippen molar-refractivity contribution in [3.63, 3.8) is 0 Å². The van der Waals surface area contributed by atoms with Crippen molar-refractivity contribution in [2.45, 2.75) is 19.0 Å². The number of hydrogen-bond donors (Lipinski definition) is 1. The minimum absolute atomic E-state index is 0.00181. The molecule has 0 bridgehead atoms. The zero-order valence-corrected chi connectivity index (χ0v) is 11.8. The van der Waals surface area contributed by atoms with E-state index >= 15 is 0 Å². The van der Waals surface area contributed by atoms with E-state index in [1.807, 2.05) is 56.4 Å². The highest BCUT2D eigenvalue weighted by Crippen LogP contribution is 2.27. The van der Waals surface area contributed by atoms with Crippen molar-refractivity contribution >= 4 is 5.69 Å². The predicted octanol–water partition coefficient (Wildman–Crippen LogP) is 3.08. The average Bonchev–Trinajstić information content (AvgIpc) is 2.48. The zero-order valence-electron chi connectivity index (χ0n) is 11.8. The summed E-state index contributed by atoms with van der Waals surface area (Å²) in [5.41, 5.74) is 9.08. The Hall–Kier alpha value is -2.31. The van der Waals surface area contributed by atoms with Gasteiger partial charge in [-0.1, -0.05) is 30.3 Å². The minimum Gasteiger partial charge on any atom is -0.366 e. The molecule has 3 nitrogen and oxygen atoms in total. The highest BCUT2D eigenvalue weighted by molar-refractivity contribution is 5.51. The fraction of sp³-hybridized carbons (Fsp3) is 0.235. The van der Waals surface area contributed by atoms with Crippen LogP contribution in [-0.4, -0.2) is 13.1 Å². The van der Waals surface area contributed by atoms with Crippen LogP contribution < -0.4 is 10.6 Å². The number of hydrogen-bond acceptors (Lipinski definition) is 3. The maximum absolute atomic E-state index is 8.86. The number of likely N-dealkylation sites (N-methyl/N-ethyl adjacent to an activating group) is 1. The van der Waals surface area contributed by atoms with E-state index in [0.717, 1.165) is 5.69 Å². The van der Waals surface area contributed by atoms with Gasteiger partial charge in [0.05, 0.1) is 17.7 Å². The number of nitrogens with two attached hydrogens (primary N) is 1. The molecule has 3 heteroatoms. The van der Waals surface area contributed by atoms with Gasteiger partial charge in [-0.15, -0.1) is 0 Å². The molecule has 2 aromatic carbocycles. The van der Waals surface area contributed by atoms with Crippen molar-refractivity contribution in [1.29, 1.82) is 5.26 Å². The number of benzene rings is 2. The molecular weight excluding hydrogens is 246 g/mol. The van der Waals surface area contributed by atoms with E-state index in [9.17, 15) is 0 Å². The SMILES string of the molecule is CC(N)C(c1ccccc1)N(C)c1ccc(C#N)cc1. The van der Waals surface area contributed by atoms with Gasteiger partial charge < -0.3 is 10.6 Å². The molecule has 0 aliphatic rings. The van der Waals surface area contributed by atoms with E-state index in [0.29, 0.717) is 5.56 Å². The molecule has 2 unspecified atom stereocenters. The van der Waals surface area contributed by atoms with E-state index in [-0.39, 0.29) is 12.1 Å². The zero-order chi connectivity index (χ0) is 14.5. The first-order valence-corrected chi connectivity index (χ1v) is 6.67. The second-order valence-electron chi connectivity index (χ2n) is 4.98. The molecule has 0 radical (unpaired) electrons. The van der Waals surface area contributed by atoms with Crippen LogP contribution in [0.1, 0.15) is 24.1 Å². The molecule has 0 aromatic heterocycles. The summed E-state index contributed by atoms with van der Waals surface area (Å²) < 4.78 is 0. The van der Waals surface area contributed by atoms with Gasteiger partial charge in [-0.3, -0.25) is 0 Å². The predicted molar refractivity (Wildman–Crippen MR) is 82.4 cm³/mol. The third-order valence-corrected chi connectivity index (χ3v) is 3.46. The summed E-state index contributed by atoms with van der Waals surface area (Å²) in [6.45, 7) is 2.01. The van der Waals surface area contributed by atoms with Gasteiger partial charge in [-0.05, 0) is 36.8 Å². The van der Waals surface area contributed by atoms with Gasteiger partial charge in [0.15, 0.2) is 0 Å². The summed E-state index contributed by atoms with van der Waals surface area (Å²) in [4.78, 5) is 2.15. The topological polar surface area (TPSA) is 53.0 Å². The highest BCUT2D eigenvalue weighted by Gasteiger charge is 2.21. The summed E-state index contributed by atoms with van der Waals surface area (Å²) in [7, 11) is 2.03. The molecule has 2 atom stereocenters. The van der Waals surface area contributed by atoms with Gasteiger partial charge in [0.1, 0.15) is 0 Å². The van der Waals surface area contributed by atoms with Crippen molar-refractivity contribution < 1.29 is 0 Å². The van der Waals surface area contributed by atoms with Crippen LogP contribution in [0.2, 0.25) is 0 Å². The van der Waals surface area contributed by atoms with Gasteiger partial charge in [-0.25, -0.2) is 0 Å². The van der Waals surface area contributed by atoms with Gasteiger partial charge in [0.25, 0.3) is 0 Å². The lowest BCUT2D eigenvalue weighted by molar-refractivity contribution is 0.558. The lowest BCUT2D eigenvalue weighted by atomic mass is 9.99. The Morgan fingerprint density at radius 2 is 1.65 bits per heavy atom. The molecule has 0 amide bonds. The second kappa shape index (κ2) is 6.23. The highest BCUT2D eigenvalue weighted by atomic mass is 15.1. The van der Waals surface area contributed by atoms with E-state index in [1.54, 1.807) is 0 Å². The quantitative estimate of drug-likeness (QED) is 0.924. The van der Waals surface area contributed by atoms with Gasteiger partial charge in [-0.2, -0.15) is 5.26 Å². The van der Waals surface area contributed by atoms with Crippen LogP contribution in [0, 0.1) is 11.3 Å².